The number of hydrogen-bond acceptors (Lipinski definition) is 4. The van der Waals surface area contributed by atoms with Gasteiger partial charge in [0, 0.05) is 19.6 Å². The minimum absolute atomic E-state index is 0.203. The molecule has 0 aliphatic carbocycles. The average molecular weight is 327 g/mol. The van der Waals surface area contributed by atoms with Crippen LogP contribution < -0.4 is 5.73 Å². The normalized spacial score (nSPS) is 14.4. The summed E-state index contributed by atoms with van der Waals surface area (Å²) in [6.07, 6.45) is 0. The van der Waals surface area contributed by atoms with Gasteiger partial charge in [-0.05, 0) is 41.4 Å². The predicted molar refractivity (Wildman–Crippen MR) is 70.2 cm³/mol. The van der Waals surface area contributed by atoms with Crippen LogP contribution in [0.4, 0.5) is 0 Å². The Morgan fingerprint density at radius 1 is 1.62 bits per heavy atom. The van der Waals surface area contributed by atoms with Gasteiger partial charge in [0.05, 0.1) is 3.79 Å². The van der Waals surface area contributed by atoms with Crippen molar-refractivity contribution in [2.24, 2.45) is 5.73 Å². The molecule has 0 aliphatic rings. The first kappa shape index (κ1) is 14.1. The predicted octanol–water partition coefficient (Wildman–Crippen LogP) is 1.79. The van der Waals surface area contributed by atoms with Gasteiger partial charge in [-0.1, -0.05) is 0 Å². The fraction of sp³-hybridized carbons (Fsp3) is 0.556. The van der Waals surface area contributed by atoms with Crippen LogP contribution >= 0.6 is 27.3 Å². The Bertz CT molecular complexity index is 450. The van der Waals surface area contributed by atoms with Gasteiger partial charge >= 0.3 is 0 Å². The van der Waals surface area contributed by atoms with E-state index in [2.05, 4.69) is 15.9 Å². The van der Waals surface area contributed by atoms with Crippen LogP contribution in [0.25, 0.3) is 0 Å². The third-order valence-corrected chi connectivity index (χ3v) is 6.99. The van der Waals surface area contributed by atoms with Gasteiger partial charge in [-0.3, -0.25) is 0 Å². The summed E-state index contributed by atoms with van der Waals surface area (Å²) in [4.78, 5) is 0. The molecule has 0 fully saturated rings. The highest BCUT2D eigenvalue weighted by Crippen LogP contribution is 2.32. The van der Waals surface area contributed by atoms with E-state index in [9.17, 15) is 8.42 Å². The molecule has 0 aliphatic heterocycles. The highest BCUT2D eigenvalue weighted by molar-refractivity contribution is 9.11. The molecular formula is C9H15BrN2O2S2. The number of likely N-dealkylation sites (N-methyl/N-ethyl adjacent to an activating group) is 1. The zero-order valence-corrected chi connectivity index (χ0v) is 12.6. The minimum Gasteiger partial charge on any atom is -0.329 e. The number of hydrogen-bond donors (Lipinski definition) is 1. The van der Waals surface area contributed by atoms with Crippen molar-refractivity contribution in [2.45, 2.75) is 24.1 Å². The van der Waals surface area contributed by atoms with Gasteiger partial charge in [0.2, 0.25) is 0 Å². The molecule has 1 aromatic heterocycles. The topological polar surface area (TPSA) is 63.4 Å². The number of nitrogens with two attached hydrogens (primary N) is 1. The Kier molecular flexibility index (Phi) is 4.53. The van der Waals surface area contributed by atoms with Crippen LogP contribution in [0.1, 0.15) is 12.5 Å². The molecule has 0 spiro atoms. The molecule has 0 saturated carbocycles. The van der Waals surface area contributed by atoms with Crippen molar-refractivity contribution in [1.82, 2.24) is 4.31 Å². The first-order valence-corrected chi connectivity index (χ1v) is 7.79. The average Bonchev–Trinajstić information content (AvgIpc) is 2.57. The van der Waals surface area contributed by atoms with Crippen molar-refractivity contribution in [2.75, 3.05) is 13.6 Å². The second kappa shape index (κ2) is 5.14. The maximum atomic E-state index is 12.2. The van der Waals surface area contributed by atoms with Gasteiger partial charge in [0.25, 0.3) is 10.0 Å². The van der Waals surface area contributed by atoms with Crippen molar-refractivity contribution in [3.63, 3.8) is 0 Å². The lowest BCUT2D eigenvalue weighted by molar-refractivity contribution is 0.395. The number of nitrogens with zero attached hydrogens (tertiary/aromatic N) is 1. The van der Waals surface area contributed by atoms with Crippen molar-refractivity contribution in [1.29, 1.82) is 0 Å². The van der Waals surface area contributed by atoms with Crippen LogP contribution in [0.5, 0.6) is 0 Å². The Labute approximate surface area is 109 Å². The monoisotopic (exact) mass is 326 g/mol. The van der Waals surface area contributed by atoms with Gasteiger partial charge in [-0.15, -0.1) is 11.3 Å². The van der Waals surface area contributed by atoms with Crippen LogP contribution in [0.2, 0.25) is 0 Å². The van der Waals surface area contributed by atoms with E-state index >= 15 is 0 Å². The molecule has 0 amide bonds. The molecular weight excluding hydrogens is 312 g/mol. The number of rotatable bonds is 4. The summed E-state index contributed by atoms with van der Waals surface area (Å²) in [7, 11) is -1.86. The molecule has 92 valence electrons. The van der Waals surface area contributed by atoms with E-state index in [1.165, 1.54) is 15.6 Å². The number of thiophene rings is 1. The molecule has 1 unspecified atom stereocenters. The van der Waals surface area contributed by atoms with Gasteiger partial charge in [0.15, 0.2) is 0 Å². The molecule has 16 heavy (non-hydrogen) atoms. The zero-order chi connectivity index (χ0) is 12.5. The molecule has 0 aromatic carbocycles. The quantitative estimate of drug-likeness (QED) is 0.917. The summed E-state index contributed by atoms with van der Waals surface area (Å²) < 4.78 is 26.8. The Morgan fingerprint density at radius 3 is 2.56 bits per heavy atom. The minimum atomic E-state index is -3.41. The molecule has 1 rings (SSSR count). The Balaban J connectivity index is 3.11. The molecule has 2 N–H and O–H groups in total. The van der Waals surface area contributed by atoms with E-state index in [0.717, 1.165) is 9.35 Å². The van der Waals surface area contributed by atoms with Crippen molar-refractivity contribution >= 4 is 37.3 Å². The van der Waals surface area contributed by atoms with Gasteiger partial charge in [-0.25, -0.2) is 8.42 Å². The maximum absolute atomic E-state index is 12.2. The first-order valence-electron chi connectivity index (χ1n) is 4.74. The Morgan fingerprint density at radius 2 is 2.19 bits per heavy atom. The number of sulfonamides is 1. The molecule has 0 saturated heterocycles. The van der Waals surface area contributed by atoms with Crippen LogP contribution in [-0.4, -0.2) is 32.4 Å². The van der Waals surface area contributed by atoms with Crippen LogP contribution in [0.15, 0.2) is 14.1 Å². The van der Waals surface area contributed by atoms with Crippen LogP contribution in [0.3, 0.4) is 0 Å². The molecule has 1 heterocycles. The highest BCUT2D eigenvalue weighted by atomic mass is 79.9. The molecule has 7 heteroatoms. The maximum Gasteiger partial charge on any atom is 0.252 e. The third kappa shape index (κ3) is 2.65. The van der Waals surface area contributed by atoms with E-state index in [0.29, 0.717) is 10.8 Å². The van der Waals surface area contributed by atoms with E-state index in [1.54, 1.807) is 20.0 Å². The van der Waals surface area contributed by atoms with Gasteiger partial charge in [-0.2, -0.15) is 4.31 Å². The highest BCUT2D eigenvalue weighted by Gasteiger charge is 2.26. The fourth-order valence-electron chi connectivity index (χ4n) is 1.09. The first-order chi connectivity index (χ1) is 7.30. The second-order valence-corrected chi connectivity index (χ2v) is 8.22. The third-order valence-electron chi connectivity index (χ3n) is 2.43. The lowest BCUT2D eigenvalue weighted by Crippen LogP contribution is -2.39. The summed E-state index contributed by atoms with van der Waals surface area (Å²) in [5, 5.41) is 0. The van der Waals surface area contributed by atoms with Gasteiger partial charge in [0.1, 0.15) is 4.21 Å². The second-order valence-electron chi connectivity index (χ2n) is 3.63. The summed E-state index contributed by atoms with van der Waals surface area (Å²) in [6, 6.07) is 1.47. The van der Waals surface area contributed by atoms with Crippen molar-refractivity contribution < 1.29 is 8.42 Å². The summed E-state index contributed by atoms with van der Waals surface area (Å²) in [5.41, 5.74) is 6.40. The molecule has 4 nitrogen and oxygen atoms in total. The van der Waals surface area contributed by atoms with Gasteiger partial charge < -0.3 is 5.73 Å². The summed E-state index contributed by atoms with van der Waals surface area (Å²) >= 11 is 4.55. The van der Waals surface area contributed by atoms with Crippen LogP contribution in [0, 0.1) is 6.92 Å². The van der Waals surface area contributed by atoms with E-state index in [4.69, 9.17) is 5.73 Å². The molecule has 0 radical (unpaired) electrons. The van der Waals surface area contributed by atoms with Crippen molar-refractivity contribution in [3.8, 4) is 0 Å². The largest absolute Gasteiger partial charge is 0.329 e. The standard InChI is InChI=1S/C9H15BrN2O2S2/c1-6-4-8(15-9(6)10)16(13,14)12(3)7(2)5-11/h4,7H,5,11H2,1-3H3. The SMILES string of the molecule is Cc1cc(S(=O)(=O)N(C)C(C)CN)sc1Br. The van der Waals surface area contributed by atoms with Crippen molar-refractivity contribution in [3.05, 3.63) is 15.4 Å². The molecule has 0 bridgehead atoms. The summed E-state index contributed by atoms with van der Waals surface area (Å²) in [6.45, 7) is 3.96. The summed E-state index contributed by atoms with van der Waals surface area (Å²) in [5.74, 6) is 0. The lowest BCUT2D eigenvalue weighted by atomic mass is 10.4. The smallest absolute Gasteiger partial charge is 0.252 e. The van der Waals surface area contributed by atoms with E-state index in [1.807, 2.05) is 6.92 Å². The lowest BCUT2D eigenvalue weighted by Gasteiger charge is -2.21. The molecule has 1 atom stereocenters. The number of aryl methyl sites for hydroxylation is 1. The number of halogens is 1. The van der Waals surface area contributed by atoms with E-state index < -0.39 is 10.0 Å². The van der Waals surface area contributed by atoms with Crippen LogP contribution in [-0.2, 0) is 10.0 Å². The van der Waals surface area contributed by atoms with E-state index in [-0.39, 0.29) is 6.04 Å². The molecule has 1 aromatic rings. The zero-order valence-electron chi connectivity index (χ0n) is 9.40. The Hall–Kier alpha value is 0.0500. The fourth-order valence-corrected chi connectivity index (χ4v) is 4.87.